The van der Waals surface area contributed by atoms with Crippen LogP contribution in [0, 0.1) is 0 Å². The molecule has 1 aliphatic rings. The number of fused-ring (bicyclic) bond motifs is 1. The van der Waals surface area contributed by atoms with Crippen molar-refractivity contribution in [3.8, 4) is 11.5 Å². The molecule has 0 saturated carbocycles. The summed E-state index contributed by atoms with van der Waals surface area (Å²) in [4.78, 5) is 7.09. The monoisotopic (exact) mass is 466 g/mol. The number of rotatable bonds is 5. The van der Waals surface area contributed by atoms with Gasteiger partial charge in [0, 0.05) is 34.6 Å². The minimum absolute atomic E-state index is 0.120. The first-order chi connectivity index (χ1) is 15.3. The number of hydrogen-bond donors (Lipinski definition) is 0. The fourth-order valence-electron chi connectivity index (χ4n) is 4.63. The highest BCUT2D eigenvalue weighted by Crippen LogP contribution is 2.44. The fourth-order valence-corrected chi connectivity index (χ4v) is 5.02. The maximum Gasteiger partial charge on any atom is 0.128 e. The second-order valence-corrected chi connectivity index (χ2v) is 9.75. The van der Waals surface area contributed by atoms with Crippen molar-refractivity contribution in [2.45, 2.75) is 45.6 Å². The SMILES string of the molecule is CCN1c2cc(Cl)c(C=Nc3ccc(Oc4cccc(Cl)c4)cc3)cc2C(C)CC1(C)C. The Morgan fingerprint density at radius 1 is 1.06 bits per heavy atom. The largest absolute Gasteiger partial charge is 0.457 e. The van der Waals surface area contributed by atoms with E-state index in [1.54, 1.807) is 6.07 Å². The highest BCUT2D eigenvalue weighted by Gasteiger charge is 2.35. The number of halogens is 2. The molecule has 32 heavy (non-hydrogen) atoms. The predicted octanol–water partition coefficient (Wildman–Crippen LogP) is 8.65. The van der Waals surface area contributed by atoms with Crippen LogP contribution in [-0.2, 0) is 0 Å². The van der Waals surface area contributed by atoms with E-state index in [0.29, 0.717) is 16.7 Å². The summed E-state index contributed by atoms with van der Waals surface area (Å²) in [6.07, 6.45) is 2.96. The third kappa shape index (κ3) is 4.79. The quantitative estimate of drug-likeness (QED) is 0.351. The number of anilines is 1. The molecule has 0 radical (unpaired) electrons. The lowest BCUT2D eigenvalue weighted by atomic mass is 9.79. The van der Waals surface area contributed by atoms with Crippen molar-refractivity contribution in [1.29, 1.82) is 0 Å². The Kier molecular flexibility index (Phi) is 6.50. The van der Waals surface area contributed by atoms with Gasteiger partial charge in [0.25, 0.3) is 0 Å². The predicted molar refractivity (Wildman–Crippen MR) is 137 cm³/mol. The lowest BCUT2D eigenvalue weighted by Crippen LogP contribution is -2.48. The van der Waals surface area contributed by atoms with Crippen LogP contribution in [0.15, 0.2) is 65.7 Å². The van der Waals surface area contributed by atoms with Crippen LogP contribution < -0.4 is 9.64 Å². The molecule has 0 N–H and O–H groups in total. The topological polar surface area (TPSA) is 24.8 Å². The molecule has 4 rings (SSSR count). The molecule has 0 saturated heterocycles. The van der Waals surface area contributed by atoms with E-state index in [-0.39, 0.29) is 5.54 Å². The molecule has 1 aliphatic heterocycles. The molecule has 1 atom stereocenters. The summed E-state index contributed by atoms with van der Waals surface area (Å²) in [7, 11) is 0. The van der Waals surface area contributed by atoms with E-state index in [4.69, 9.17) is 27.9 Å². The molecular formula is C27H28Cl2N2O. The molecule has 0 bridgehead atoms. The van der Waals surface area contributed by atoms with E-state index in [2.05, 4.69) is 49.7 Å². The van der Waals surface area contributed by atoms with Gasteiger partial charge in [0.1, 0.15) is 11.5 Å². The molecule has 3 aromatic carbocycles. The van der Waals surface area contributed by atoms with Crippen molar-refractivity contribution in [2.75, 3.05) is 11.4 Å². The van der Waals surface area contributed by atoms with E-state index >= 15 is 0 Å². The first kappa shape index (κ1) is 22.7. The number of benzene rings is 3. The van der Waals surface area contributed by atoms with Crippen molar-refractivity contribution in [1.82, 2.24) is 0 Å². The maximum absolute atomic E-state index is 6.67. The number of nitrogens with zero attached hydrogens (tertiary/aromatic N) is 2. The van der Waals surface area contributed by atoms with Gasteiger partial charge in [-0.25, -0.2) is 0 Å². The summed E-state index contributed by atoms with van der Waals surface area (Å²) in [6, 6.07) is 19.3. The van der Waals surface area contributed by atoms with Crippen LogP contribution >= 0.6 is 23.2 Å². The van der Waals surface area contributed by atoms with Gasteiger partial charge in [0.05, 0.1) is 10.7 Å². The second-order valence-electron chi connectivity index (χ2n) is 8.91. The third-order valence-electron chi connectivity index (χ3n) is 6.04. The minimum atomic E-state index is 0.120. The highest BCUT2D eigenvalue weighted by molar-refractivity contribution is 6.33. The Bertz CT molecular complexity index is 1140. The van der Waals surface area contributed by atoms with Gasteiger partial charge in [-0.1, -0.05) is 36.2 Å². The molecule has 1 heterocycles. The van der Waals surface area contributed by atoms with Gasteiger partial charge in [0.2, 0.25) is 0 Å². The van der Waals surface area contributed by atoms with Gasteiger partial charge in [-0.15, -0.1) is 0 Å². The Balaban J connectivity index is 1.54. The third-order valence-corrected chi connectivity index (χ3v) is 6.60. The molecule has 1 unspecified atom stereocenters. The molecule has 0 fully saturated rings. The van der Waals surface area contributed by atoms with E-state index in [0.717, 1.165) is 35.0 Å². The summed E-state index contributed by atoms with van der Waals surface area (Å²) in [5.41, 5.74) is 4.46. The van der Waals surface area contributed by atoms with Crippen LogP contribution in [0.3, 0.4) is 0 Å². The van der Waals surface area contributed by atoms with Crippen molar-refractivity contribution in [3.05, 3.63) is 81.8 Å². The highest BCUT2D eigenvalue weighted by atomic mass is 35.5. The zero-order chi connectivity index (χ0) is 22.9. The van der Waals surface area contributed by atoms with E-state index in [1.165, 1.54) is 11.3 Å². The van der Waals surface area contributed by atoms with Gasteiger partial charge in [-0.3, -0.25) is 4.99 Å². The van der Waals surface area contributed by atoms with Gasteiger partial charge in [-0.05, 0) is 93.3 Å². The van der Waals surface area contributed by atoms with Gasteiger partial charge >= 0.3 is 0 Å². The van der Waals surface area contributed by atoms with Crippen LogP contribution in [0.25, 0.3) is 0 Å². The molecule has 0 aromatic heterocycles. The summed E-state index contributed by atoms with van der Waals surface area (Å²) in [5.74, 6) is 1.90. The summed E-state index contributed by atoms with van der Waals surface area (Å²) < 4.78 is 5.85. The normalized spacial score (nSPS) is 17.4. The van der Waals surface area contributed by atoms with Gasteiger partial charge in [-0.2, -0.15) is 0 Å². The van der Waals surface area contributed by atoms with E-state index < -0.39 is 0 Å². The number of hydrogen-bond acceptors (Lipinski definition) is 3. The van der Waals surface area contributed by atoms with Crippen LogP contribution in [-0.4, -0.2) is 18.3 Å². The minimum Gasteiger partial charge on any atom is -0.457 e. The molecule has 0 amide bonds. The smallest absolute Gasteiger partial charge is 0.128 e. The van der Waals surface area contributed by atoms with E-state index in [1.807, 2.05) is 48.7 Å². The zero-order valence-electron chi connectivity index (χ0n) is 18.9. The first-order valence-electron chi connectivity index (χ1n) is 11.0. The van der Waals surface area contributed by atoms with Crippen LogP contribution in [0.4, 0.5) is 11.4 Å². The Morgan fingerprint density at radius 2 is 1.81 bits per heavy atom. The Hall–Kier alpha value is -2.49. The Morgan fingerprint density at radius 3 is 2.50 bits per heavy atom. The van der Waals surface area contributed by atoms with Crippen molar-refractivity contribution in [2.24, 2.45) is 4.99 Å². The zero-order valence-corrected chi connectivity index (χ0v) is 20.4. The van der Waals surface area contributed by atoms with Gasteiger partial charge < -0.3 is 9.64 Å². The van der Waals surface area contributed by atoms with Crippen LogP contribution in [0.5, 0.6) is 11.5 Å². The van der Waals surface area contributed by atoms with Crippen LogP contribution in [0.1, 0.15) is 51.2 Å². The Labute approximate surface area is 200 Å². The fraction of sp³-hybridized carbons (Fsp3) is 0.296. The van der Waals surface area contributed by atoms with Crippen molar-refractivity contribution < 1.29 is 4.74 Å². The molecule has 5 heteroatoms. The molecule has 0 aliphatic carbocycles. The maximum atomic E-state index is 6.67. The average Bonchev–Trinajstić information content (AvgIpc) is 2.73. The molecular weight excluding hydrogens is 439 g/mol. The van der Waals surface area contributed by atoms with Gasteiger partial charge in [0.15, 0.2) is 0 Å². The standard InChI is InChI=1S/C27H28Cl2N2O/c1-5-31-26-15-25(29)19(13-24(26)18(2)16-27(31,3)4)17-30-21-9-11-22(12-10-21)32-23-8-6-7-20(28)14-23/h6-15,17-18H,5,16H2,1-4H3. The summed E-state index contributed by atoms with van der Waals surface area (Å²) in [6.45, 7) is 10.1. The first-order valence-corrected chi connectivity index (χ1v) is 11.7. The molecule has 3 nitrogen and oxygen atoms in total. The average molecular weight is 467 g/mol. The summed E-state index contributed by atoms with van der Waals surface area (Å²) >= 11 is 12.7. The molecule has 3 aromatic rings. The number of aliphatic imine (C=N–C) groups is 1. The number of ether oxygens (including phenoxy) is 1. The molecule has 166 valence electrons. The molecule has 0 spiro atoms. The lowest BCUT2D eigenvalue weighted by Gasteiger charge is -2.47. The summed E-state index contributed by atoms with van der Waals surface area (Å²) in [5, 5.41) is 1.36. The van der Waals surface area contributed by atoms with Crippen molar-refractivity contribution in [3.63, 3.8) is 0 Å². The van der Waals surface area contributed by atoms with Crippen molar-refractivity contribution >= 4 is 40.8 Å². The lowest BCUT2D eigenvalue weighted by molar-refractivity contribution is 0.381. The van der Waals surface area contributed by atoms with Crippen LogP contribution in [0.2, 0.25) is 10.0 Å². The second kappa shape index (κ2) is 9.17. The van der Waals surface area contributed by atoms with E-state index in [9.17, 15) is 0 Å².